The summed E-state index contributed by atoms with van der Waals surface area (Å²) in [7, 11) is 9.80. The van der Waals surface area contributed by atoms with Crippen molar-refractivity contribution < 1.29 is 9.53 Å². The predicted octanol–water partition coefficient (Wildman–Crippen LogP) is 4.86. The fraction of sp³-hybridized carbons (Fsp3) is 0.696. The summed E-state index contributed by atoms with van der Waals surface area (Å²) in [5, 5.41) is 0. The predicted molar refractivity (Wildman–Crippen MR) is 121 cm³/mol. The number of methoxy groups -OCH3 is 1. The Morgan fingerprint density at radius 2 is 1.41 bits per heavy atom. The van der Waals surface area contributed by atoms with Gasteiger partial charge in [0.15, 0.2) is 0 Å². The number of nitrogens with zero attached hydrogens (tertiary/aromatic N) is 2. The zero-order valence-electron chi connectivity index (χ0n) is 19.7. The molecule has 4 heteroatoms. The van der Waals surface area contributed by atoms with Crippen LogP contribution in [0.2, 0.25) is 0 Å². The van der Waals surface area contributed by atoms with Crippen LogP contribution in [0.25, 0.3) is 0 Å². The Bertz CT molecular complexity index is 397. The van der Waals surface area contributed by atoms with E-state index < -0.39 is 0 Å². The molecule has 0 unspecified atom stereocenters. The molecule has 4 nitrogen and oxygen atoms in total. The molecule has 2 rings (SSSR count). The van der Waals surface area contributed by atoms with E-state index in [1.807, 2.05) is 20.6 Å². The molecule has 0 amide bonds. The Morgan fingerprint density at radius 1 is 1.04 bits per heavy atom. The Morgan fingerprint density at radius 3 is 1.70 bits per heavy atom. The average Bonchev–Trinajstić information content (AvgIpc) is 2.67. The SMILES string of the molecule is C=O.CC.CN1CCC(N(C)C)CC1.COC.Cc1ccc(C(C)C)cc1. The van der Waals surface area contributed by atoms with E-state index in [0.29, 0.717) is 5.92 Å². The highest BCUT2D eigenvalue weighted by atomic mass is 16.4. The molecule has 160 valence electrons. The van der Waals surface area contributed by atoms with Crippen molar-refractivity contribution in [1.82, 2.24) is 9.80 Å². The topological polar surface area (TPSA) is 32.8 Å². The van der Waals surface area contributed by atoms with Crippen molar-refractivity contribution in [3.8, 4) is 0 Å². The molecule has 0 radical (unpaired) electrons. The third-order valence-electron chi connectivity index (χ3n) is 4.16. The van der Waals surface area contributed by atoms with Gasteiger partial charge in [-0.05, 0) is 65.5 Å². The van der Waals surface area contributed by atoms with E-state index >= 15 is 0 Å². The van der Waals surface area contributed by atoms with Gasteiger partial charge in [0.2, 0.25) is 0 Å². The van der Waals surface area contributed by atoms with Gasteiger partial charge in [-0.3, -0.25) is 0 Å². The average molecular weight is 383 g/mol. The molecule has 0 saturated carbocycles. The smallest absolute Gasteiger partial charge is 0.106 e. The third-order valence-corrected chi connectivity index (χ3v) is 4.16. The van der Waals surface area contributed by atoms with Gasteiger partial charge in [-0.25, -0.2) is 0 Å². The number of benzene rings is 1. The molecule has 1 saturated heterocycles. The van der Waals surface area contributed by atoms with E-state index in [1.54, 1.807) is 14.2 Å². The van der Waals surface area contributed by atoms with Crippen molar-refractivity contribution in [3.63, 3.8) is 0 Å². The summed E-state index contributed by atoms with van der Waals surface area (Å²) in [5.74, 6) is 0.653. The summed E-state index contributed by atoms with van der Waals surface area (Å²) in [5.41, 5.74) is 2.76. The second kappa shape index (κ2) is 21.1. The molecule has 0 aromatic heterocycles. The highest BCUT2D eigenvalue weighted by Gasteiger charge is 2.17. The molecule has 1 aromatic rings. The van der Waals surface area contributed by atoms with Gasteiger partial charge in [0, 0.05) is 20.3 Å². The van der Waals surface area contributed by atoms with E-state index in [4.69, 9.17) is 4.79 Å². The van der Waals surface area contributed by atoms with Crippen LogP contribution in [0.5, 0.6) is 0 Å². The first-order valence-corrected chi connectivity index (χ1v) is 9.92. The van der Waals surface area contributed by atoms with Crippen LogP contribution >= 0.6 is 0 Å². The molecule has 1 heterocycles. The van der Waals surface area contributed by atoms with Gasteiger partial charge >= 0.3 is 0 Å². The number of hydrogen-bond acceptors (Lipinski definition) is 4. The van der Waals surface area contributed by atoms with Crippen molar-refractivity contribution >= 4 is 6.79 Å². The number of carbonyl (C=O) groups is 1. The van der Waals surface area contributed by atoms with Crippen molar-refractivity contribution in [3.05, 3.63) is 35.4 Å². The fourth-order valence-corrected chi connectivity index (χ4v) is 2.46. The minimum atomic E-state index is 0.653. The number of ether oxygens (including phenoxy) is 1. The second-order valence-electron chi connectivity index (χ2n) is 6.97. The van der Waals surface area contributed by atoms with Crippen molar-refractivity contribution in [2.75, 3.05) is 48.5 Å². The Labute approximate surface area is 169 Å². The van der Waals surface area contributed by atoms with Crippen molar-refractivity contribution in [2.24, 2.45) is 0 Å². The summed E-state index contributed by atoms with van der Waals surface area (Å²) in [6, 6.07) is 9.54. The van der Waals surface area contributed by atoms with Crippen LogP contribution in [0, 0.1) is 6.92 Å². The van der Waals surface area contributed by atoms with Gasteiger partial charge < -0.3 is 19.3 Å². The minimum absolute atomic E-state index is 0.653. The number of likely N-dealkylation sites (tertiary alicyclic amines) is 1. The molecular weight excluding hydrogens is 336 g/mol. The summed E-state index contributed by atoms with van der Waals surface area (Å²) in [6.45, 7) is 15.1. The molecule has 0 bridgehead atoms. The van der Waals surface area contributed by atoms with Gasteiger partial charge in [-0.15, -0.1) is 0 Å². The van der Waals surface area contributed by atoms with Gasteiger partial charge in [-0.2, -0.15) is 0 Å². The summed E-state index contributed by atoms with van der Waals surface area (Å²) >= 11 is 0. The maximum absolute atomic E-state index is 8.00. The molecule has 27 heavy (non-hydrogen) atoms. The van der Waals surface area contributed by atoms with Crippen LogP contribution in [-0.4, -0.2) is 71.1 Å². The molecule has 1 fully saturated rings. The van der Waals surface area contributed by atoms with E-state index in [0.717, 1.165) is 6.04 Å². The lowest BCUT2D eigenvalue weighted by atomic mass is 10.0. The number of aryl methyl sites for hydroxylation is 1. The second-order valence-corrected chi connectivity index (χ2v) is 6.97. The zero-order chi connectivity index (χ0) is 21.8. The standard InChI is InChI=1S/C10H14.C8H18N2.C2H6O.C2H6.CH2O/c1-8(2)10-6-4-9(3)5-7-10;1-9(2)8-4-6-10(3)7-5-8;1-3-2;2*1-2/h4-8H,1-3H3;8H,4-7H2,1-3H3;1-2H3;1-2H3;1H2. The Balaban J connectivity index is -0.000000322. The monoisotopic (exact) mass is 382 g/mol. The highest BCUT2D eigenvalue weighted by Crippen LogP contribution is 2.13. The Hall–Kier alpha value is -1.23. The highest BCUT2D eigenvalue weighted by molar-refractivity contribution is 5.23. The van der Waals surface area contributed by atoms with Crippen LogP contribution in [0.15, 0.2) is 24.3 Å². The summed E-state index contributed by atoms with van der Waals surface area (Å²) < 4.78 is 4.25. The van der Waals surface area contributed by atoms with Crippen LogP contribution in [0.4, 0.5) is 0 Å². The quantitative estimate of drug-likeness (QED) is 0.731. The van der Waals surface area contributed by atoms with Crippen molar-refractivity contribution in [2.45, 2.75) is 59.4 Å². The zero-order valence-corrected chi connectivity index (χ0v) is 19.7. The van der Waals surface area contributed by atoms with Crippen LogP contribution < -0.4 is 0 Å². The van der Waals surface area contributed by atoms with Gasteiger partial charge in [0.05, 0.1) is 0 Å². The lowest BCUT2D eigenvalue weighted by Crippen LogP contribution is -2.40. The maximum Gasteiger partial charge on any atom is 0.106 e. The molecule has 0 spiro atoms. The van der Waals surface area contributed by atoms with Gasteiger partial charge in [-0.1, -0.05) is 57.5 Å². The van der Waals surface area contributed by atoms with Crippen LogP contribution in [-0.2, 0) is 9.53 Å². The summed E-state index contributed by atoms with van der Waals surface area (Å²) in [6.07, 6.45) is 2.67. The molecule has 0 aliphatic carbocycles. The Kier molecular flexibility index (Phi) is 23.8. The van der Waals surface area contributed by atoms with Crippen LogP contribution in [0.3, 0.4) is 0 Å². The van der Waals surface area contributed by atoms with E-state index in [-0.39, 0.29) is 0 Å². The van der Waals surface area contributed by atoms with E-state index in [9.17, 15) is 0 Å². The first kappa shape index (κ1) is 30.5. The lowest BCUT2D eigenvalue weighted by molar-refractivity contribution is -0.0979. The summed E-state index contributed by atoms with van der Waals surface area (Å²) in [4.78, 5) is 12.7. The molecule has 0 atom stereocenters. The number of hydrogen-bond donors (Lipinski definition) is 0. The normalized spacial score (nSPS) is 13.8. The molecule has 0 N–H and O–H groups in total. The lowest BCUT2D eigenvalue weighted by Gasteiger charge is -2.32. The molecule has 1 aliphatic heterocycles. The number of rotatable bonds is 2. The number of carbonyl (C=O) groups excluding carboxylic acids is 1. The largest absolute Gasteiger partial charge is 0.388 e. The fourth-order valence-electron chi connectivity index (χ4n) is 2.46. The third kappa shape index (κ3) is 17.9. The van der Waals surface area contributed by atoms with E-state index in [1.165, 1.54) is 37.1 Å². The first-order chi connectivity index (χ1) is 12.8. The van der Waals surface area contributed by atoms with Crippen molar-refractivity contribution in [1.29, 1.82) is 0 Å². The molecule has 1 aliphatic rings. The number of piperidine rings is 1. The molecule has 1 aromatic carbocycles. The first-order valence-electron chi connectivity index (χ1n) is 9.92. The minimum Gasteiger partial charge on any atom is -0.388 e. The molecular formula is C23H46N2O2. The van der Waals surface area contributed by atoms with Crippen LogP contribution in [0.1, 0.15) is 57.6 Å². The maximum atomic E-state index is 8.00. The van der Waals surface area contributed by atoms with Gasteiger partial charge in [0.1, 0.15) is 6.79 Å². The van der Waals surface area contributed by atoms with E-state index in [2.05, 4.69) is 80.7 Å². The van der Waals surface area contributed by atoms with Gasteiger partial charge in [0.25, 0.3) is 0 Å².